The van der Waals surface area contributed by atoms with Crippen LogP contribution < -0.4 is 5.32 Å². The van der Waals surface area contributed by atoms with Gasteiger partial charge in [0, 0.05) is 33.1 Å². The number of amides is 1. The first-order valence-corrected chi connectivity index (χ1v) is 6.14. The van der Waals surface area contributed by atoms with Crippen molar-refractivity contribution in [3.05, 3.63) is 0 Å². The van der Waals surface area contributed by atoms with Gasteiger partial charge in [0.2, 0.25) is 5.91 Å². The van der Waals surface area contributed by atoms with Crippen molar-refractivity contribution >= 4 is 11.9 Å². The van der Waals surface area contributed by atoms with Gasteiger partial charge in [-0.1, -0.05) is 12.8 Å². The van der Waals surface area contributed by atoms with Crippen molar-refractivity contribution in [2.45, 2.75) is 44.9 Å². The van der Waals surface area contributed by atoms with Gasteiger partial charge in [-0.3, -0.25) is 9.59 Å². The van der Waals surface area contributed by atoms with E-state index in [2.05, 4.69) is 5.32 Å². The van der Waals surface area contributed by atoms with Gasteiger partial charge in [-0.05, 0) is 19.3 Å². The Morgan fingerprint density at radius 2 is 1.76 bits per heavy atom. The minimum Gasteiger partial charge on any atom is -0.481 e. The summed E-state index contributed by atoms with van der Waals surface area (Å²) in [5, 5.41) is 11.3. The van der Waals surface area contributed by atoms with Gasteiger partial charge in [-0.2, -0.15) is 0 Å². The third-order valence-corrected chi connectivity index (χ3v) is 2.39. The Labute approximate surface area is 103 Å². The van der Waals surface area contributed by atoms with Crippen LogP contribution in [0.3, 0.4) is 0 Å². The van der Waals surface area contributed by atoms with Crippen LogP contribution in [-0.4, -0.2) is 37.2 Å². The fourth-order valence-electron chi connectivity index (χ4n) is 1.45. The smallest absolute Gasteiger partial charge is 0.303 e. The molecule has 0 aliphatic heterocycles. The zero-order chi connectivity index (χ0) is 12.9. The molecule has 0 heterocycles. The van der Waals surface area contributed by atoms with Gasteiger partial charge < -0.3 is 15.2 Å². The fourth-order valence-corrected chi connectivity index (χ4v) is 1.45. The molecule has 0 atom stereocenters. The van der Waals surface area contributed by atoms with Crippen molar-refractivity contribution in [2.24, 2.45) is 0 Å². The lowest BCUT2D eigenvalue weighted by atomic mass is 10.1. The van der Waals surface area contributed by atoms with Crippen LogP contribution in [0.4, 0.5) is 0 Å². The maximum Gasteiger partial charge on any atom is 0.303 e. The van der Waals surface area contributed by atoms with Crippen molar-refractivity contribution in [1.82, 2.24) is 5.32 Å². The minimum atomic E-state index is -0.739. The molecule has 5 nitrogen and oxygen atoms in total. The van der Waals surface area contributed by atoms with Gasteiger partial charge >= 0.3 is 5.97 Å². The van der Waals surface area contributed by atoms with Gasteiger partial charge in [-0.15, -0.1) is 0 Å². The predicted molar refractivity (Wildman–Crippen MR) is 64.8 cm³/mol. The molecular formula is C12H23NO4. The van der Waals surface area contributed by atoms with E-state index in [1.54, 1.807) is 7.11 Å². The van der Waals surface area contributed by atoms with Gasteiger partial charge in [0.05, 0.1) is 0 Å². The molecule has 0 aliphatic rings. The second-order valence-corrected chi connectivity index (χ2v) is 4.00. The van der Waals surface area contributed by atoms with Gasteiger partial charge in [0.15, 0.2) is 0 Å². The van der Waals surface area contributed by atoms with E-state index in [-0.39, 0.29) is 12.3 Å². The summed E-state index contributed by atoms with van der Waals surface area (Å²) in [5.74, 6) is -0.677. The highest BCUT2D eigenvalue weighted by Gasteiger charge is 2.00. The molecular weight excluding hydrogens is 222 g/mol. The molecule has 0 radical (unpaired) electrons. The number of hydrogen-bond acceptors (Lipinski definition) is 3. The summed E-state index contributed by atoms with van der Waals surface area (Å²) in [4.78, 5) is 21.5. The van der Waals surface area contributed by atoms with Crippen LogP contribution in [-0.2, 0) is 14.3 Å². The highest BCUT2D eigenvalue weighted by atomic mass is 16.5. The second kappa shape index (κ2) is 11.4. The average molecular weight is 245 g/mol. The Morgan fingerprint density at radius 1 is 1.06 bits per heavy atom. The number of carboxylic acid groups (broad SMARTS) is 1. The molecule has 5 heteroatoms. The van der Waals surface area contributed by atoms with Crippen LogP contribution in [0, 0.1) is 0 Å². The maximum atomic E-state index is 11.3. The number of nitrogens with one attached hydrogen (secondary N) is 1. The van der Waals surface area contributed by atoms with Gasteiger partial charge in [-0.25, -0.2) is 0 Å². The largest absolute Gasteiger partial charge is 0.481 e. The van der Waals surface area contributed by atoms with E-state index in [0.717, 1.165) is 32.1 Å². The SMILES string of the molecule is COCCCC(=O)NCCCCCCC(=O)O. The Bertz CT molecular complexity index is 219. The van der Waals surface area contributed by atoms with Crippen molar-refractivity contribution in [3.8, 4) is 0 Å². The van der Waals surface area contributed by atoms with E-state index >= 15 is 0 Å². The van der Waals surface area contributed by atoms with E-state index in [1.807, 2.05) is 0 Å². The first-order chi connectivity index (χ1) is 8.16. The Balaban J connectivity index is 3.16. The van der Waals surface area contributed by atoms with E-state index < -0.39 is 5.97 Å². The highest BCUT2D eigenvalue weighted by molar-refractivity contribution is 5.75. The summed E-state index contributed by atoms with van der Waals surface area (Å²) in [6, 6.07) is 0. The predicted octanol–water partition coefficient (Wildman–Crippen LogP) is 1.56. The molecule has 0 bridgehead atoms. The number of carbonyl (C=O) groups is 2. The van der Waals surface area contributed by atoms with Crippen LogP contribution in [0.5, 0.6) is 0 Å². The first kappa shape index (κ1) is 15.9. The second-order valence-electron chi connectivity index (χ2n) is 4.00. The van der Waals surface area contributed by atoms with Crippen LogP contribution in [0.2, 0.25) is 0 Å². The highest BCUT2D eigenvalue weighted by Crippen LogP contribution is 2.02. The number of hydrogen-bond donors (Lipinski definition) is 2. The molecule has 100 valence electrons. The summed E-state index contributed by atoms with van der Waals surface area (Å²) in [7, 11) is 1.62. The summed E-state index contributed by atoms with van der Waals surface area (Å²) in [5.41, 5.74) is 0. The molecule has 0 aliphatic carbocycles. The molecule has 0 saturated heterocycles. The number of methoxy groups -OCH3 is 1. The molecule has 0 fully saturated rings. The molecule has 0 saturated carbocycles. The van der Waals surface area contributed by atoms with Crippen LogP contribution in [0.15, 0.2) is 0 Å². The third kappa shape index (κ3) is 12.8. The number of carbonyl (C=O) groups excluding carboxylic acids is 1. The van der Waals surface area contributed by atoms with Gasteiger partial charge in [0.25, 0.3) is 0 Å². The Hall–Kier alpha value is -1.10. The van der Waals surface area contributed by atoms with Crippen LogP contribution in [0.25, 0.3) is 0 Å². The Kier molecular flexibility index (Phi) is 10.7. The molecule has 17 heavy (non-hydrogen) atoms. The maximum absolute atomic E-state index is 11.3. The van der Waals surface area contributed by atoms with Crippen molar-refractivity contribution in [1.29, 1.82) is 0 Å². The lowest BCUT2D eigenvalue weighted by Gasteiger charge is -2.04. The lowest BCUT2D eigenvalue weighted by Crippen LogP contribution is -2.24. The standard InChI is InChI=1S/C12H23NO4/c1-17-10-6-7-11(14)13-9-5-3-2-4-8-12(15)16/h2-10H2,1H3,(H,13,14)(H,15,16). The lowest BCUT2D eigenvalue weighted by molar-refractivity contribution is -0.137. The Morgan fingerprint density at radius 3 is 2.41 bits per heavy atom. The molecule has 0 aromatic rings. The molecule has 2 N–H and O–H groups in total. The third-order valence-electron chi connectivity index (χ3n) is 2.39. The average Bonchev–Trinajstić information content (AvgIpc) is 2.28. The van der Waals surface area contributed by atoms with E-state index in [1.165, 1.54) is 0 Å². The van der Waals surface area contributed by atoms with Gasteiger partial charge in [0.1, 0.15) is 0 Å². The molecule has 0 aromatic carbocycles. The first-order valence-electron chi connectivity index (χ1n) is 6.14. The van der Waals surface area contributed by atoms with Crippen molar-refractivity contribution in [3.63, 3.8) is 0 Å². The summed E-state index contributed by atoms with van der Waals surface area (Å²) < 4.78 is 4.85. The zero-order valence-electron chi connectivity index (χ0n) is 10.5. The van der Waals surface area contributed by atoms with Crippen molar-refractivity contribution < 1.29 is 19.4 Å². The number of carboxylic acids is 1. The number of aliphatic carboxylic acids is 1. The minimum absolute atomic E-state index is 0.0626. The summed E-state index contributed by atoms with van der Waals surface area (Å²) in [6.45, 7) is 1.29. The molecule has 0 unspecified atom stereocenters. The number of rotatable bonds is 11. The molecule has 0 spiro atoms. The van der Waals surface area contributed by atoms with E-state index in [9.17, 15) is 9.59 Å². The number of ether oxygens (including phenoxy) is 1. The zero-order valence-corrected chi connectivity index (χ0v) is 10.5. The molecule has 0 aromatic heterocycles. The fraction of sp³-hybridized carbons (Fsp3) is 0.833. The van der Waals surface area contributed by atoms with Crippen LogP contribution in [0.1, 0.15) is 44.9 Å². The van der Waals surface area contributed by atoms with Crippen molar-refractivity contribution in [2.75, 3.05) is 20.3 Å². The van der Waals surface area contributed by atoms with Crippen LogP contribution >= 0.6 is 0 Å². The normalized spacial score (nSPS) is 10.2. The monoisotopic (exact) mass is 245 g/mol. The molecule has 0 rings (SSSR count). The van der Waals surface area contributed by atoms with E-state index in [0.29, 0.717) is 19.6 Å². The summed E-state index contributed by atoms with van der Waals surface area (Å²) >= 11 is 0. The summed E-state index contributed by atoms with van der Waals surface area (Å²) in [6.07, 6.45) is 5.00. The molecule has 1 amide bonds. The quantitative estimate of drug-likeness (QED) is 0.542. The number of unbranched alkanes of at least 4 members (excludes halogenated alkanes) is 3. The van der Waals surface area contributed by atoms with E-state index in [4.69, 9.17) is 9.84 Å². The topological polar surface area (TPSA) is 75.6 Å².